The molecule has 0 aliphatic heterocycles. The fraction of sp³-hybridized carbons (Fsp3) is 0.952. The van der Waals surface area contributed by atoms with E-state index in [2.05, 4.69) is 72.9 Å². The van der Waals surface area contributed by atoms with E-state index in [1.54, 1.807) is 0 Å². The number of rotatable bonds is 12. The van der Waals surface area contributed by atoms with Crippen LogP contribution >= 0.6 is 0 Å². The fourth-order valence-electron chi connectivity index (χ4n) is 3.15. The third-order valence-electron chi connectivity index (χ3n) is 5.16. The molecule has 0 aromatic rings. The molecule has 144 valence electrons. The average molecular weight is 341 g/mol. The third kappa shape index (κ3) is 11.1. The van der Waals surface area contributed by atoms with E-state index in [1.807, 2.05) is 0 Å². The molecule has 0 bridgehead atoms. The van der Waals surface area contributed by atoms with Crippen molar-refractivity contribution < 1.29 is 4.79 Å². The van der Waals surface area contributed by atoms with E-state index in [0.717, 1.165) is 31.7 Å². The van der Waals surface area contributed by atoms with E-state index >= 15 is 0 Å². The van der Waals surface area contributed by atoms with Crippen molar-refractivity contribution in [1.29, 1.82) is 0 Å². The Hall–Kier alpha value is -0.570. The van der Waals surface area contributed by atoms with Crippen molar-refractivity contribution in [2.75, 3.05) is 6.54 Å². The van der Waals surface area contributed by atoms with Crippen molar-refractivity contribution in [3.8, 4) is 0 Å². The fourth-order valence-corrected chi connectivity index (χ4v) is 3.15. The van der Waals surface area contributed by atoms with Crippen molar-refractivity contribution in [1.82, 2.24) is 10.6 Å². The van der Waals surface area contributed by atoms with Gasteiger partial charge in [-0.2, -0.15) is 0 Å². The SMILES string of the molecule is CC(C)CC(C)C(C)(C)CCCC(=O)NC(C)(C)CCNC(C)C. The van der Waals surface area contributed by atoms with Crippen LogP contribution in [0.1, 0.15) is 94.4 Å². The van der Waals surface area contributed by atoms with Gasteiger partial charge in [-0.25, -0.2) is 0 Å². The van der Waals surface area contributed by atoms with Gasteiger partial charge in [0.1, 0.15) is 0 Å². The lowest BCUT2D eigenvalue weighted by atomic mass is 9.73. The van der Waals surface area contributed by atoms with E-state index in [0.29, 0.717) is 23.8 Å². The van der Waals surface area contributed by atoms with E-state index in [4.69, 9.17) is 0 Å². The van der Waals surface area contributed by atoms with E-state index in [1.165, 1.54) is 6.42 Å². The second-order valence-corrected chi connectivity index (χ2v) is 9.66. The Morgan fingerprint density at radius 1 is 0.958 bits per heavy atom. The lowest BCUT2D eigenvalue weighted by molar-refractivity contribution is -0.123. The Labute approximate surface area is 151 Å². The molecule has 1 atom stereocenters. The third-order valence-corrected chi connectivity index (χ3v) is 5.16. The predicted octanol–water partition coefficient (Wildman–Crippen LogP) is 5.15. The second kappa shape index (κ2) is 10.4. The normalized spacial score (nSPS) is 14.3. The molecule has 1 unspecified atom stereocenters. The number of nitrogens with one attached hydrogen (secondary N) is 2. The Kier molecular flexibility index (Phi) is 10.2. The molecule has 0 fully saturated rings. The molecule has 0 saturated carbocycles. The summed E-state index contributed by atoms with van der Waals surface area (Å²) in [6.45, 7) is 21.1. The van der Waals surface area contributed by atoms with Crippen LogP contribution in [0.15, 0.2) is 0 Å². The zero-order valence-electron chi connectivity index (χ0n) is 17.9. The van der Waals surface area contributed by atoms with Crippen LogP contribution in [0.4, 0.5) is 0 Å². The van der Waals surface area contributed by atoms with Gasteiger partial charge < -0.3 is 10.6 Å². The summed E-state index contributed by atoms with van der Waals surface area (Å²) in [5.74, 6) is 1.62. The summed E-state index contributed by atoms with van der Waals surface area (Å²) in [6, 6.07) is 0.492. The largest absolute Gasteiger partial charge is 0.351 e. The van der Waals surface area contributed by atoms with Crippen LogP contribution in [0.5, 0.6) is 0 Å². The molecule has 0 aromatic heterocycles. The maximum absolute atomic E-state index is 12.3. The molecule has 0 heterocycles. The molecule has 0 aliphatic carbocycles. The molecule has 3 heteroatoms. The number of amides is 1. The lowest BCUT2D eigenvalue weighted by Gasteiger charge is -2.33. The number of carbonyl (C=O) groups excluding carboxylic acids is 1. The Morgan fingerprint density at radius 2 is 1.54 bits per heavy atom. The van der Waals surface area contributed by atoms with Gasteiger partial charge >= 0.3 is 0 Å². The molecule has 3 nitrogen and oxygen atoms in total. The average Bonchev–Trinajstić information content (AvgIpc) is 2.35. The van der Waals surface area contributed by atoms with Gasteiger partial charge in [0, 0.05) is 18.0 Å². The lowest BCUT2D eigenvalue weighted by Crippen LogP contribution is -2.45. The highest BCUT2D eigenvalue weighted by atomic mass is 16.1. The highest BCUT2D eigenvalue weighted by Gasteiger charge is 2.26. The summed E-state index contributed by atoms with van der Waals surface area (Å²) in [5.41, 5.74) is 0.167. The highest BCUT2D eigenvalue weighted by molar-refractivity contribution is 5.76. The van der Waals surface area contributed by atoms with Crippen LogP contribution in [0.3, 0.4) is 0 Å². The van der Waals surface area contributed by atoms with E-state index in [9.17, 15) is 4.79 Å². The maximum atomic E-state index is 12.3. The minimum absolute atomic E-state index is 0.139. The Bertz CT molecular complexity index is 359. The second-order valence-electron chi connectivity index (χ2n) is 9.66. The van der Waals surface area contributed by atoms with Crippen molar-refractivity contribution in [2.45, 2.75) is 106 Å². The summed E-state index contributed by atoms with van der Waals surface area (Å²) in [6.07, 6.45) is 4.94. The highest BCUT2D eigenvalue weighted by Crippen LogP contribution is 2.36. The van der Waals surface area contributed by atoms with Crippen LogP contribution in [0.25, 0.3) is 0 Å². The van der Waals surface area contributed by atoms with Gasteiger partial charge in [-0.1, -0.05) is 48.5 Å². The molecule has 0 spiro atoms. The molecule has 0 aliphatic rings. The molecule has 0 radical (unpaired) electrons. The zero-order chi connectivity index (χ0) is 19.0. The maximum Gasteiger partial charge on any atom is 0.220 e. The van der Waals surface area contributed by atoms with Gasteiger partial charge in [0.05, 0.1) is 0 Å². The van der Waals surface area contributed by atoms with Gasteiger partial charge in [0.2, 0.25) is 5.91 Å². The van der Waals surface area contributed by atoms with Crippen molar-refractivity contribution in [3.05, 3.63) is 0 Å². The minimum atomic E-state index is -0.139. The van der Waals surface area contributed by atoms with Crippen LogP contribution in [0.2, 0.25) is 0 Å². The molecule has 0 rings (SSSR count). The van der Waals surface area contributed by atoms with Crippen LogP contribution < -0.4 is 10.6 Å². The summed E-state index contributed by atoms with van der Waals surface area (Å²) in [7, 11) is 0. The molecule has 2 N–H and O–H groups in total. The van der Waals surface area contributed by atoms with Gasteiger partial charge in [0.15, 0.2) is 0 Å². The Balaban J connectivity index is 4.16. The molecule has 0 saturated heterocycles. The van der Waals surface area contributed by atoms with Gasteiger partial charge in [-0.05, 0) is 63.3 Å². The standard InChI is InChI=1S/C21H44N2O/c1-16(2)15-18(5)20(6,7)12-10-11-19(24)23-21(8,9)13-14-22-17(3)4/h16-18,22H,10-15H2,1-9H3,(H,23,24). The molecular weight excluding hydrogens is 296 g/mol. The van der Waals surface area contributed by atoms with Crippen molar-refractivity contribution in [3.63, 3.8) is 0 Å². The van der Waals surface area contributed by atoms with E-state index in [-0.39, 0.29) is 11.4 Å². The summed E-state index contributed by atoms with van der Waals surface area (Å²) in [4.78, 5) is 12.3. The van der Waals surface area contributed by atoms with Crippen molar-refractivity contribution in [2.24, 2.45) is 17.3 Å². The number of hydrogen-bond donors (Lipinski definition) is 2. The van der Waals surface area contributed by atoms with Gasteiger partial charge in [-0.3, -0.25) is 4.79 Å². The first-order valence-corrected chi connectivity index (χ1v) is 9.90. The zero-order valence-corrected chi connectivity index (χ0v) is 17.9. The van der Waals surface area contributed by atoms with Crippen LogP contribution in [-0.4, -0.2) is 24.0 Å². The first-order chi connectivity index (χ1) is 10.9. The van der Waals surface area contributed by atoms with Crippen LogP contribution in [-0.2, 0) is 4.79 Å². The first kappa shape index (κ1) is 23.4. The predicted molar refractivity (Wildman–Crippen MR) is 106 cm³/mol. The Morgan fingerprint density at radius 3 is 2.04 bits per heavy atom. The van der Waals surface area contributed by atoms with Crippen LogP contribution in [0, 0.1) is 17.3 Å². The molecule has 0 aromatic carbocycles. The summed E-state index contributed by atoms with van der Waals surface area (Å²) in [5, 5.41) is 6.61. The summed E-state index contributed by atoms with van der Waals surface area (Å²) >= 11 is 0. The molecule has 24 heavy (non-hydrogen) atoms. The minimum Gasteiger partial charge on any atom is -0.351 e. The summed E-state index contributed by atoms with van der Waals surface area (Å²) < 4.78 is 0. The van der Waals surface area contributed by atoms with Crippen molar-refractivity contribution >= 4 is 5.91 Å². The molecular formula is C21H44N2O. The molecule has 1 amide bonds. The quantitative estimate of drug-likeness (QED) is 0.516. The van der Waals surface area contributed by atoms with Gasteiger partial charge in [0.25, 0.3) is 0 Å². The smallest absolute Gasteiger partial charge is 0.220 e. The van der Waals surface area contributed by atoms with Gasteiger partial charge in [-0.15, -0.1) is 0 Å². The van der Waals surface area contributed by atoms with E-state index < -0.39 is 0 Å². The monoisotopic (exact) mass is 340 g/mol. The number of hydrogen-bond acceptors (Lipinski definition) is 2. The topological polar surface area (TPSA) is 41.1 Å². The number of carbonyl (C=O) groups is 1. The first-order valence-electron chi connectivity index (χ1n) is 9.90.